The summed E-state index contributed by atoms with van der Waals surface area (Å²) in [4.78, 5) is 23.5. The number of rotatable bonds is 6. The summed E-state index contributed by atoms with van der Waals surface area (Å²) >= 11 is 5.76. The van der Waals surface area contributed by atoms with Crippen molar-refractivity contribution in [2.45, 2.75) is 34.2 Å². The molecule has 0 aliphatic heterocycles. The molecule has 0 atom stereocenters. The lowest BCUT2D eigenvalue weighted by Crippen LogP contribution is -2.37. The normalized spacial score (nSPS) is 11.3. The second-order valence-electron chi connectivity index (χ2n) is 6.04. The molecule has 1 aromatic rings. The first kappa shape index (κ1) is 17.5. The zero-order valence-corrected chi connectivity index (χ0v) is 13.8. The Balaban J connectivity index is 2.56. The molecule has 0 bridgehead atoms. The van der Waals surface area contributed by atoms with Crippen molar-refractivity contribution in [3.63, 3.8) is 0 Å². The van der Waals surface area contributed by atoms with E-state index in [2.05, 4.69) is 10.6 Å². The molecule has 116 valence electrons. The van der Waals surface area contributed by atoms with Gasteiger partial charge in [-0.05, 0) is 31.5 Å². The number of hydrogen-bond donors (Lipinski definition) is 2. The maximum Gasteiger partial charge on any atom is 0.227 e. The largest absolute Gasteiger partial charge is 0.352 e. The van der Waals surface area contributed by atoms with E-state index in [1.807, 2.05) is 38.1 Å². The van der Waals surface area contributed by atoms with Crippen LogP contribution in [-0.4, -0.2) is 17.7 Å². The van der Waals surface area contributed by atoms with Gasteiger partial charge < -0.3 is 10.6 Å². The molecule has 4 nitrogen and oxygen atoms in total. The van der Waals surface area contributed by atoms with E-state index in [0.29, 0.717) is 6.54 Å². The Morgan fingerprint density at radius 3 is 2.24 bits per heavy atom. The van der Waals surface area contributed by atoms with Gasteiger partial charge in [0.15, 0.2) is 0 Å². The molecule has 2 amide bonds. The Morgan fingerprint density at radius 2 is 1.76 bits per heavy atom. The molecule has 1 aromatic carbocycles. The minimum absolute atomic E-state index is 0.0140. The lowest BCUT2D eigenvalue weighted by atomic mass is 9.95. The monoisotopic (exact) mass is 310 g/mol. The summed E-state index contributed by atoms with van der Waals surface area (Å²) in [6.07, 6.45) is 0. The Labute approximate surface area is 131 Å². The molecular weight excluding hydrogens is 288 g/mol. The molecule has 0 saturated heterocycles. The summed E-state index contributed by atoms with van der Waals surface area (Å²) in [5.74, 6) is 0.135. The molecule has 21 heavy (non-hydrogen) atoms. The highest BCUT2D eigenvalue weighted by atomic mass is 35.5. The van der Waals surface area contributed by atoms with E-state index < -0.39 is 5.41 Å². The first-order valence-corrected chi connectivity index (χ1v) is 7.54. The van der Waals surface area contributed by atoms with Gasteiger partial charge in [-0.15, -0.1) is 11.6 Å². The highest BCUT2D eigenvalue weighted by Gasteiger charge is 2.25. The van der Waals surface area contributed by atoms with Gasteiger partial charge in [-0.3, -0.25) is 9.59 Å². The molecule has 2 N–H and O–H groups in total. The summed E-state index contributed by atoms with van der Waals surface area (Å²) in [7, 11) is 0. The highest BCUT2D eigenvalue weighted by Crippen LogP contribution is 2.17. The quantitative estimate of drug-likeness (QED) is 0.793. The molecule has 0 saturated carbocycles. The Morgan fingerprint density at radius 1 is 1.19 bits per heavy atom. The summed E-state index contributed by atoms with van der Waals surface area (Å²) in [6, 6.07) is 7.41. The van der Waals surface area contributed by atoms with Crippen molar-refractivity contribution in [3.05, 3.63) is 29.8 Å². The van der Waals surface area contributed by atoms with E-state index in [-0.39, 0.29) is 23.6 Å². The van der Waals surface area contributed by atoms with Gasteiger partial charge in [-0.25, -0.2) is 0 Å². The van der Waals surface area contributed by atoms with E-state index in [0.717, 1.165) is 11.3 Å². The second-order valence-corrected chi connectivity index (χ2v) is 6.31. The van der Waals surface area contributed by atoms with E-state index in [4.69, 9.17) is 11.6 Å². The molecule has 0 unspecified atom stereocenters. The van der Waals surface area contributed by atoms with Crippen LogP contribution in [-0.2, 0) is 16.1 Å². The molecule has 5 heteroatoms. The van der Waals surface area contributed by atoms with Crippen molar-refractivity contribution >= 4 is 29.1 Å². The van der Waals surface area contributed by atoms with Crippen LogP contribution >= 0.6 is 11.6 Å². The van der Waals surface area contributed by atoms with Gasteiger partial charge in [0.25, 0.3) is 0 Å². The van der Waals surface area contributed by atoms with Gasteiger partial charge in [0.05, 0.1) is 5.41 Å². The van der Waals surface area contributed by atoms with Crippen LogP contribution in [0.4, 0.5) is 5.69 Å². The molecule has 0 aromatic heterocycles. The first-order valence-electron chi connectivity index (χ1n) is 7.00. The van der Waals surface area contributed by atoms with E-state index in [1.165, 1.54) is 0 Å². The topological polar surface area (TPSA) is 58.2 Å². The Hall–Kier alpha value is -1.55. The minimum atomic E-state index is -0.577. The third-order valence-electron chi connectivity index (χ3n) is 3.15. The lowest BCUT2D eigenvalue weighted by Gasteiger charge is -2.20. The van der Waals surface area contributed by atoms with Crippen molar-refractivity contribution in [3.8, 4) is 0 Å². The van der Waals surface area contributed by atoms with E-state index in [9.17, 15) is 9.59 Å². The van der Waals surface area contributed by atoms with Gasteiger partial charge >= 0.3 is 0 Å². The SMILES string of the molecule is CC(C)C(=O)Nc1ccc(CNC(=O)C(C)(C)CCl)cc1. The molecule has 0 radical (unpaired) electrons. The standard InChI is InChI=1S/C16H23ClN2O2/c1-11(2)14(20)19-13-7-5-12(6-8-13)9-18-15(21)16(3,4)10-17/h5-8,11H,9-10H2,1-4H3,(H,18,21)(H,19,20). The van der Waals surface area contributed by atoms with Crippen LogP contribution in [0.25, 0.3) is 0 Å². The van der Waals surface area contributed by atoms with Gasteiger partial charge in [0, 0.05) is 24.0 Å². The van der Waals surface area contributed by atoms with Gasteiger partial charge in [0.2, 0.25) is 11.8 Å². The average Bonchev–Trinajstić information content (AvgIpc) is 2.45. The van der Waals surface area contributed by atoms with Gasteiger partial charge in [0.1, 0.15) is 0 Å². The fraction of sp³-hybridized carbons (Fsp3) is 0.500. The number of anilines is 1. The molecule has 0 fully saturated rings. The Bertz CT molecular complexity index is 496. The summed E-state index contributed by atoms with van der Waals surface area (Å²) in [5, 5.41) is 5.68. The fourth-order valence-corrected chi connectivity index (χ4v) is 1.60. The number of amides is 2. The molecular formula is C16H23ClN2O2. The minimum Gasteiger partial charge on any atom is -0.352 e. The Kier molecular flexibility index (Phi) is 6.21. The van der Waals surface area contributed by atoms with Crippen LogP contribution < -0.4 is 10.6 Å². The predicted molar refractivity (Wildman–Crippen MR) is 86.3 cm³/mol. The van der Waals surface area contributed by atoms with E-state index in [1.54, 1.807) is 13.8 Å². The average molecular weight is 311 g/mol. The number of hydrogen-bond acceptors (Lipinski definition) is 2. The lowest BCUT2D eigenvalue weighted by molar-refractivity contribution is -0.128. The molecule has 0 aliphatic rings. The molecule has 0 spiro atoms. The number of carbonyl (C=O) groups is 2. The van der Waals surface area contributed by atoms with E-state index >= 15 is 0 Å². The van der Waals surface area contributed by atoms with Crippen molar-refractivity contribution in [1.29, 1.82) is 0 Å². The zero-order valence-electron chi connectivity index (χ0n) is 13.0. The van der Waals surface area contributed by atoms with Crippen LogP contribution in [0.2, 0.25) is 0 Å². The van der Waals surface area contributed by atoms with Crippen molar-refractivity contribution in [2.75, 3.05) is 11.2 Å². The molecule has 0 aliphatic carbocycles. The number of halogens is 1. The number of benzene rings is 1. The van der Waals surface area contributed by atoms with Gasteiger partial charge in [-0.1, -0.05) is 26.0 Å². The van der Waals surface area contributed by atoms with Crippen LogP contribution in [0.3, 0.4) is 0 Å². The number of alkyl halides is 1. The number of carbonyl (C=O) groups excluding carboxylic acids is 2. The summed E-state index contributed by atoms with van der Waals surface area (Å²) in [5.41, 5.74) is 1.15. The third kappa shape index (κ3) is 5.38. The zero-order chi connectivity index (χ0) is 16.0. The molecule has 0 heterocycles. The maximum absolute atomic E-state index is 11.9. The fourth-order valence-electron chi connectivity index (χ4n) is 1.47. The maximum atomic E-state index is 11.9. The third-order valence-corrected chi connectivity index (χ3v) is 3.82. The van der Waals surface area contributed by atoms with Crippen LogP contribution in [0.15, 0.2) is 24.3 Å². The highest BCUT2D eigenvalue weighted by molar-refractivity contribution is 6.19. The van der Waals surface area contributed by atoms with Crippen LogP contribution in [0.5, 0.6) is 0 Å². The van der Waals surface area contributed by atoms with Crippen molar-refractivity contribution in [1.82, 2.24) is 5.32 Å². The predicted octanol–water partition coefficient (Wildman–Crippen LogP) is 3.16. The smallest absolute Gasteiger partial charge is 0.227 e. The first-order chi connectivity index (χ1) is 9.76. The van der Waals surface area contributed by atoms with Gasteiger partial charge in [-0.2, -0.15) is 0 Å². The van der Waals surface area contributed by atoms with Crippen LogP contribution in [0.1, 0.15) is 33.3 Å². The summed E-state index contributed by atoms with van der Waals surface area (Å²) < 4.78 is 0. The number of nitrogens with one attached hydrogen (secondary N) is 2. The van der Waals surface area contributed by atoms with Crippen molar-refractivity contribution < 1.29 is 9.59 Å². The second kappa shape index (κ2) is 7.46. The van der Waals surface area contributed by atoms with Crippen LogP contribution in [0, 0.1) is 11.3 Å². The molecule has 1 rings (SSSR count). The summed E-state index contributed by atoms with van der Waals surface area (Å²) in [6.45, 7) is 7.74. The van der Waals surface area contributed by atoms with Crippen molar-refractivity contribution in [2.24, 2.45) is 11.3 Å².